The number of nitrogens with zero attached hydrogens (tertiary/aromatic N) is 1. The quantitative estimate of drug-likeness (QED) is 0.919. The lowest BCUT2D eigenvalue weighted by Crippen LogP contribution is -2.28. The molecule has 1 aliphatic heterocycles. The van der Waals surface area contributed by atoms with Crippen LogP contribution in [-0.2, 0) is 9.59 Å². The van der Waals surface area contributed by atoms with Crippen LogP contribution in [0.3, 0.4) is 0 Å². The van der Waals surface area contributed by atoms with Gasteiger partial charge in [0.25, 0.3) is 0 Å². The number of hydrogen-bond acceptors (Lipinski definition) is 2. The summed E-state index contributed by atoms with van der Waals surface area (Å²) in [5, 5.41) is 2.39. The Morgan fingerprint density at radius 2 is 1.92 bits per heavy atom. The maximum atomic E-state index is 13.6. The second-order valence-electron chi connectivity index (χ2n) is 5.47. The fraction of sp³-hybridized carbons (Fsp3) is 0.176. The first kappa shape index (κ1) is 16.4. The van der Waals surface area contributed by atoms with E-state index in [4.69, 9.17) is 11.6 Å². The van der Waals surface area contributed by atoms with Gasteiger partial charge in [-0.1, -0.05) is 23.7 Å². The molecule has 1 N–H and O–H groups in total. The van der Waals surface area contributed by atoms with Gasteiger partial charge in [0.2, 0.25) is 11.8 Å². The van der Waals surface area contributed by atoms with Crippen molar-refractivity contribution in [3.8, 4) is 0 Å². The molecule has 0 radical (unpaired) electrons. The molecule has 2 aromatic rings. The smallest absolute Gasteiger partial charge is 0.229 e. The van der Waals surface area contributed by atoms with Crippen LogP contribution in [0, 0.1) is 17.6 Å². The van der Waals surface area contributed by atoms with Gasteiger partial charge in [-0.05, 0) is 30.3 Å². The van der Waals surface area contributed by atoms with E-state index in [0.29, 0.717) is 5.69 Å². The molecule has 3 rings (SSSR count). The molecule has 1 atom stereocenters. The predicted molar refractivity (Wildman–Crippen MR) is 86.9 cm³/mol. The summed E-state index contributed by atoms with van der Waals surface area (Å²) >= 11 is 5.73. The van der Waals surface area contributed by atoms with Crippen molar-refractivity contribution >= 4 is 34.8 Å². The summed E-state index contributed by atoms with van der Waals surface area (Å²) in [5.41, 5.74) is 0.491. The van der Waals surface area contributed by atoms with Gasteiger partial charge >= 0.3 is 0 Å². The largest absolute Gasteiger partial charge is 0.323 e. The Bertz CT molecular complexity index is 813. The average Bonchev–Trinajstić information content (AvgIpc) is 2.94. The van der Waals surface area contributed by atoms with E-state index in [-0.39, 0.29) is 29.6 Å². The van der Waals surface area contributed by atoms with Gasteiger partial charge in [-0.3, -0.25) is 9.59 Å². The zero-order chi connectivity index (χ0) is 17.3. The van der Waals surface area contributed by atoms with E-state index in [1.165, 1.54) is 35.2 Å². The van der Waals surface area contributed by atoms with E-state index < -0.39 is 23.5 Å². The SMILES string of the molecule is O=C(Nc1ccccc1F)C1CC(=O)N(c2ccc(F)c(Cl)c2)C1. The number of carbonyl (C=O) groups excluding carboxylic acids is 2. The summed E-state index contributed by atoms with van der Waals surface area (Å²) in [6, 6.07) is 9.74. The summed E-state index contributed by atoms with van der Waals surface area (Å²) in [5.74, 6) is -2.46. The van der Waals surface area contributed by atoms with E-state index >= 15 is 0 Å². The predicted octanol–water partition coefficient (Wildman–Crippen LogP) is 3.61. The Morgan fingerprint density at radius 3 is 2.62 bits per heavy atom. The Hall–Kier alpha value is -2.47. The molecule has 1 fully saturated rings. The third kappa shape index (κ3) is 3.23. The minimum atomic E-state index is -0.624. The molecule has 1 unspecified atom stereocenters. The molecular weight excluding hydrogens is 338 g/mol. The summed E-state index contributed by atoms with van der Waals surface area (Å²) in [4.78, 5) is 25.8. The molecule has 1 saturated heterocycles. The molecule has 1 aliphatic rings. The molecule has 0 spiro atoms. The molecule has 0 bridgehead atoms. The van der Waals surface area contributed by atoms with Crippen molar-refractivity contribution in [1.82, 2.24) is 0 Å². The number of hydrogen-bond donors (Lipinski definition) is 1. The first-order valence-corrected chi connectivity index (χ1v) is 7.64. The van der Waals surface area contributed by atoms with Crippen molar-refractivity contribution < 1.29 is 18.4 Å². The first-order chi connectivity index (χ1) is 11.5. The highest BCUT2D eigenvalue weighted by atomic mass is 35.5. The van der Waals surface area contributed by atoms with E-state index in [2.05, 4.69) is 5.32 Å². The second-order valence-corrected chi connectivity index (χ2v) is 5.88. The molecular formula is C17H13ClF2N2O2. The van der Waals surface area contributed by atoms with Crippen LogP contribution in [0.1, 0.15) is 6.42 Å². The van der Waals surface area contributed by atoms with Crippen molar-refractivity contribution in [2.75, 3.05) is 16.8 Å². The Morgan fingerprint density at radius 1 is 1.17 bits per heavy atom. The van der Waals surface area contributed by atoms with Crippen molar-refractivity contribution in [2.24, 2.45) is 5.92 Å². The minimum absolute atomic E-state index is 0.00468. The monoisotopic (exact) mass is 350 g/mol. The van der Waals surface area contributed by atoms with Crippen LogP contribution in [0.2, 0.25) is 5.02 Å². The number of nitrogens with one attached hydrogen (secondary N) is 1. The van der Waals surface area contributed by atoms with Gasteiger partial charge in [-0.15, -0.1) is 0 Å². The average molecular weight is 351 g/mol. The maximum absolute atomic E-state index is 13.6. The van der Waals surface area contributed by atoms with Crippen molar-refractivity contribution in [2.45, 2.75) is 6.42 Å². The van der Waals surface area contributed by atoms with Crippen molar-refractivity contribution in [3.05, 3.63) is 59.1 Å². The first-order valence-electron chi connectivity index (χ1n) is 7.26. The van der Waals surface area contributed by atoms with Gasteiger partial charge in [0.1, 0.15) is 11.6 Å². The highest BCUT2D eigenvalue weighted by Gasteiger charge is 2.35. The summed E-state index contributed by atoms with van der Waals surface area (Å²) in [6.45, 7) is 0.126. The van der Waals surface area contributed by atoms with Crippen LogP contribution >= 0.6 is 11.6 Å². The molecule has 2 aromatic carbocycles. The number of para-hydroxylation sites is 1. The van der Waals surface area contributed by atoms with Gasteiger partial charge in [-0.25, -0.2) is 8.78 Å². The normalized spacial score (nSPS) is 17.2. The summed E-state index contributed by atoms with van der Waals surface area (Å²) < 4.78 is 26.8. The maximum Gasteiger partial charge on any atom is 0.229 e. The van der Waals surface area contributed by atoms with Crippen LogP contribution in [0.4, 0.5) is 20.2 Å². The van der Waals surface area contributed by atoms with E-state index in [9.17, 15) is 18.4 Å². The zero-order valence-corrected chi connectivity index (χ0v) is 13.2. The number of amides is 2. The second kappa shape index (κ2) is 6.57. The van der Waals surface area contributed by atoms with Crippen LogP contribution in [0.25, 0.3) is 0 Å². The lowest BCUT2D eigenvalue weighted by atomic mass is 10.1. The number of carbonyl (C=O) groups is 2. The van der Waals surface area contributed by atoms with E-state index in [1.54, 1.807) is 6.07 Å². The topological polar surface area (TPSA) is 49.4 Å². The number of benzene rings is 2. The van der Waals surface area contributed by atoms with Gasteiger partial charge < -0.3 is 10.2 Å². The molecule has 0 aliphatic carbocycles. The zero-order valence-electron chi connectivity index (χ0n) is 12.4. The van der Waals surface area contributed by atoms with Gasteiger partial charge in [0.15, 0.2) is 0 Å². The molecule has 7 heteroatoms. The lowest BCUT2D eigenvalue weighted by Gasteiger charge is -2.17. The summed E-state index contributed by atoms with van der Waals surface area (Å²) in [6.07, 6.45) is -0.00468. The van der Waals surface area contributed by atoms with Crippen LogP contribution in [0.5, 0.6) is 0 Å². The van der Waals surface area contributed by atoms with Gasteiger partial charge in [0.05, 0.1) is 16.6 Å². The minimum Gasteiger partial charge on any atom is -0.323 e. The Labute approximate surface area is 142 Å². The van der Waals surface area contributed by atoms with E-state index in [0.717, 1.165) is 6.07 Å². The molecule has 0 aromatic heterocycles. The van der Waals surface area contributed by atoms with Crippen molar-refractivity contribution in [3.63, 3.8) is 0 Å². The van der Waals surface area contributed by atoms with Crippen LogP contribution < -0.4 is 10.2 Å². The fourth-order valence-corrected chi connectivity index (χ4v) is 2.76. The Kier molecular flexibility index (Phi) is 4.49. The molecule has 1 heterocycles. The third-order valence-electron chi connectivity index (χ3n) is 3.84. The van der Waals surface area contributed by atoms with Crippen LogP contribution in [0.15, 0.2) is 42.5 Å². The Balaban J connectivity index is 1.73. The van der Waals surface area contributed by atoms with Crippen LogP contribution in [-0.4, -0.2) is 18.4 Å². The molecule has 124 valence electrons. The number of halogens is 3. The molecule has 24 heavy (non-hydrogen) atoms. The fourth-order valence-electron chi connectivity index (χ4n) is 2.58. The molecule has 4 nitrogen and oxygen atoms in total. The van der Waals surface area contributed by atoms with Gasteiger partial charge in [-0.2, -0.15) is 0 Å². The number of anilines is 2. The highest BCUT2D eigenvalue weighted by molar-refractivity contribution is 6.31. The van der Waals surface area contributed by atoms with Crippen molar-refractivity contribution in [1.29, 1.82) is 0 Å². The summed E-state index contributed by atoms with van der Waals surface area (Å²) in [7, 11) is 0. The highest BCUT2D eigenvalue weighted by Crippen LogP contribution is 2.29. The molecule has 0 saturated carbocycles. The molecule has 2 amide bonds. The van der Waals surface area contributed by atoms with Gasteiger partial charge in [0, 0.05) is 18.7 Å². The number of rotatable bonds is 3. The third-order valence-corrected chi connectivity index (χ3v) is 4.13. The lowest BCUT2D eigenvalue weighted by molar-refractivity contribution is -0.122. The van der Waals surface area contributed by atoms with E-state index in [1.807, 2.05) is 0 Å². The standard InChI is InChI=1S/C17H13ClF2N2O2/c18-12-8-11(5-6-13(12)19)22-9-10(7-16(22)23)17(24)21-15-4-2-1-3-14(15)20/h1-6,8,10H,7,9H2,(H,21,24).